The molecule has 0 saturated heterocycles. The number of nitrogens with zero attached hydrogens (tertiary/aromatic N) is 2. The van der Waals surface area contributed by atoms with Gasteiger partial charge in [-0.15, -0.1) is 0 Å². The van der Waals surface area contributed by atoms with E-state index in [-0.39, 0.29) is 6.61 Å². The van der Waals surface area contributed by atoms with Gasteiger partial charge in [0.2, 0.25) is 0 Å². The van der Waals surface area contributed by atoms with Gasteiger partial charge in [0, 0.05) is 12.1 Å². The zero-order valence-corrected chi connectivity index (χ0v) is 10.5. The van der Waals surface area contributed by atoms with Crippen molar-refractivity contribution in [3.8, 4) is 0 Å². The highest BCUT2D eigenvalue weighted by Gasteiger charge is 2.21. The van der Waals surface area contributed by atoms with Gasteiger partial charge in [0.15, 0.2) is 0 Å². The molecule has 2 aromatic heterocycles. The van der Waals surface area contributed by atoms with E-state index >= 15 is 0 Å². The molecule has 0 aliphatic heterocycles. The average molecular weight is 245 g/mol. The van der Waals surface area contributed by atoms with Crippen molar-refractivity contribution in [2.24, 2.45) is 0 Å². The predicted octanol–water partition coefficient (Wildman–Crippen LogP) is 2.46. The number of imidazole rings is 1. The number of hydrogen-bond donors (Lipinski definition) is 2. The van der Waals surface area contributed by atoms with E-state index < -0.39 is 0 Å². The molecule has 0 aromatic carbocycles. The lowest BCUT2D eigenvalue weighted by molar-refractivity contribution is 0.281. The van der Waals surface area contributed by atoms with Crippen LogP contribution in [0.4, 0.5) is 5.82 Å². The summed E-state index contributed by atoms with van der Waals surface area (Å²) in [5.41, 5.74) is 9.00. The van der Waals surface area contributed by atoms with E-state index in [9.17, 15) is 0 Å². The normalized spacial score (nSPS) is 17.4. The third-order valence-electron chi connectivity index (χ3n) is 3.92. The van der Waals surface area contributed by atoms with Gasteiger partial charge in [-0.05, 0) is 24.5 Å². The van der Waals surface area contributed by atoms with Crippen LogP contribution in [-0.2, 0) is 6.61 Å². The van der Waals surface area contributed by atoms with E-state index in [2.05, 4.69) is 4.98 Å². The van der Waals surface area contributed by atoms with Gasteiger partial charge in [0.1, 0.15) is 11.5 Å². The van der Waals surface area contributed by atoms with Crippen LogP contribution in [0.15, 0.2) is 18.3 Å². The monoisotopic (exact) mass is 245 g/mol. The molecule has 4 heteroatoms. The molecule has 1 fully saturated rings. The Morgan fingerprint density at radius 1 is 1.28 bits per heavy atom. The molecule has 96 valence electrons. The standard InChI is InChI=1S/C14H19N3O/c15-14-13(11-4-2-1-3-5-11)16-12-7-6-10(9-18)8-17(12)14/h6-8,11,18H,1-5,9,15H2. The van der Waals surface area contributed by atoms with E-state index in [4.69, 9.17) is 10.8 Å². The van der Waals surface area contributed by atoms with E-state index in [0.717, 1.165) is 22.7 Å². The molecular formula is C14H19N3O. The van der Waals surface area contributed by atoms with Crippen LogP contribution in [0.25, 0.3) is 5.65 Å². The number of aromatic nitrogens is 2. The van der Waals surface area contributed by atoms with Crippen molar-refractivity contribution in [3.63, 3.8) is 0 Å². The number of pyridine rings is 1. The average Bonchev–Trinajstić information content (AvgIpc) is 2.77. The fourth-order valence-corrected chi connectivity index (χ4v) is 2.90. The quantitative estimate of drug-likeness (QED) is 0.854. The SMILES string of the molecule is Nc1c(C2CCCCC2)nc2ccc(CO)cn12. The smallest absolute Gasteiger partial charge is 0.138 e. The van der Waals surface area contributed by atoms with E-state index in [0.29, 0.717) is 5.92 Å². The molecule has 0 atom stereocenters. The Hall–Kier alpha value is -1.55. The van der Waals surface area contributed by atoms with Crippen LogP contribution in [0.5, 0.6) is 0 Å². The van der Waals surface area contributed by atoms with Crippen LogP contribution in [0, 0.1) is 0 Å². The summed E-state index contributed by atoms with van der Waals surface area (Å²) < 4.78 is 1.90. The van der Waals surface area contributed by atoms with Gasteiger partial charge in [0.25, 0.3) is 0 Å². The third-order valence-corrected chi connectivity index (χ3v) is 3.92. The Kier molecular flexibility index (Phi) is 2.96. The Bertz CT molecular complexity index is 555. The molecule has 0 bridgehead atoms. The van der Waals surface area contributed by atoms with Crippen molar-refractivity contribution >= 4 is 11.5 Å². The molecule has 1 aliphatic carbocycles. The van der Waals surface area contributed by atoms with Gasteiger partial charge in [-0.25, -0.2) is 4.98 Å². The first-order valence-corrected chi connectivity index (χ1v) is 6.67. The fourth-order valence-electron chi connectivity index (χ4n) is 2.90. The van der Waals surface area contributed by atoms with Gasteiger partial charge >= 0.3 is 0 Å². The molecule has 0 amide bonds. The Balaban J connectivity index is 2.04. The topological polar surface area (TPSA) is 63.5 Å². The number of nitrogens with two attached hydrogens (primary N) is 1. The third kappa shape index (κ3) is 1.86. The van der Waals surface area contributed by atoms with Crippen LogP contribution >= 0.6 is 0 Å². The lowest BCUT2D eigenvalue weighted by Gasteiger charge is -2.20. The zero-order chi connectivity index (χ0) is 12.5. The van der Waals surface area contributed by atoms with Gasteiger partial charge in [-0.1, -0.05) is 25.3 Å². The summed E-state index contributed by atoms with van der Waals surface area (Å²) in [4.78, 5) is 4.67. The maximum absolute atomic E-state index is 9.17. The van der Waals surface area contributed by atoms with Crippen molar-refractivity contribution in [3.05, 3.63) is 29.6 Å². The van der Waals surface area contributed by atoms with Crippen molar-refractivity contribution in [1.29, 1.82) is 0 Å². The first-order valence-electron chi connectivity index (χ1n) is 6.67. The number of nitrogen functional groups attached to an aromatic ring is 1. The van der Waals surface area contributed by atoms with E-state index in [1.165, 1.54) is 32.1 Å². The molecule has 2 aromatic rings. The molecular weight excluding hydrogens is 226 g/mol. The maximum atomic E-state index is 9.17. The summed E-state index contributed by atoms with van der Waals surface area (Å²) in [5, 5.41) is 9.17. The van der Waals surface area contributed by atoms with Crippen LogP contribution in [-0.4, -0.2) is 14.5 Å². The minimum absolute atomic E-state index is 0.0340. The predicted molar refractivity (Wildman–Crippen MR) is 71.4 cm³/mol. The number of fused-ring (bicyclic) bond motifs is 1. The lowest BCUT2D eigenvalue weighted by Crippen LogP contribution is -2.07. The molecule has 4 nitrogen and oxygen atoms in total. The summed E-state index contributed by atoms with van der Waals surface area (Å²) in [6.45, 7) is 0.0340. The first-order chi connectivity index (χ1) is 8.79. The number of aliphatic hydroxyl groups excluding tert-OH is 1. The Morgan fingerprint density at radius 3 is 2.78 bits per heavy atom. The summed E-state index contributed by atoms with van der Waals surface area (Å²) in [6, 6.07) is 3.82. The first kappa shape index (κ1) is 11.5. The lowest BCUT2D eigenvalue weighted by atomic mass is 9.87. The molecule has 0 radical (unpaired) electrons. The minimum atomic E-state index is 0.0340. The fraction of sp³-hybridized carbons (Fsp3) is 0.500. The van der Waals surface area contributed by atoms with E-state index in [1.807, 2.05) is 22.7 Å². The van der Waals surface area contributed by atoms with Crippen LogP contribution in [0.2, 0.25) is 0 Å². The molecule has 1 aliphatic rings. The highest BCUT2D eigenvalue weighted by molar-refractivity contribution is 5.54. The number of hydrogen-bond acceptors (Lipinski definition) is 3. The van der Waals surface area contributed by atoms with Gasteiger partial charge in [0.05, 0.1) is 12.3 Å². The maximum Gasteiger partial charge on any atom is 0.138 e. The van der Waals surface area contributed by atoms with Crippen LogP contribution in [0.3, 0.4) is 0 Å². The van der Waals surface area contributed by atoms with Crippen LogP contribution in [0.1, 0.15) is 49.3 Å². The summed E-state index contributed by atoms with van der Waals surface area (Å²) in [5.74, 6) is 1.25. The van der Waals surface area contributed by atoms with Crippen molar-refractivity contribution in [1.82, 2.24) is 9.38 Å². The van der Waals surface area contributed by atoms with E-state index in [1.54, 1.807) is 0 Å². The molecule has 18 heavy (non-hydrogen) atoms. The van der Waals surface area contributed by atoms with Gasteiger partial charge in [-0.2, -0.15) is 0 Å². The Morgan fingerprint density at radius 2 is 2.06 bits per heavy atom. The minimum Gasteiger partial charge on any atom is -0.392 e. The van der Waals surface area contributed by atoms with Crippen LogP contribution < -0.4 is 5.73 Å². The largest absolute Gasteiger partial charge is 0.392 e. The van der Waals surface area contributed by atoms with Crippen molar-refractivity contribution in [2.75, 3.05) is 5.73 Å². The molecule has 3 rings (SSSR count). The number of aliphatic hydroxyl groups is 1. The van der Waals surface area contributed by atoms with Crippen molar-refractivity contribution in [2.45, 2.75) is 44.6 Å². The zero-order valence-electron chi connectivity index (χ0n) is 10.5. The second-order valence-electron chi connectivity index (χ2n) is 5.14. The molecule has 0 spiro atoms. The highest BCUT2D eigenvalue weighted by Crippen LogP contribution is 2.35. The highest BCUT2D eigenvalue weighted by atomic mass is 16.3. The number of anilines is 1. The molecule has 1 saturated carbocycles. The summed E-state index contributed by atoms with van der Waals surface area (Å²) in [7, 11) is 0. The number of rotatable bonds is 2. The molecule has 0 unspecified atom stereocenters. The second-order valence-corrected chi connectivity index (χ2v) is 5.14. The summed E-state index contributed by atoms with van der Waals surface area (Å²) >= 11 is 0. The second kappa shape index (κ2) is 4.61. The summed E-state index contributed by atoms with van der Waals surface area (Å²) in [6.07, 6.45) is 8.16. The van der Waals surface area contributed by atoms with Crippen molar-refractivity contribution < 1.29 is 5.11 Å². The Labute approximate surface area is 106 Å². The molecule has 2 heterocycles. The van der Waals surface area contributed by atoms with Gasteiger partial charge < -0.3 is 10.8 Å². The molecule has 3 N–H and O–H groups in total. The van der Waals surface area contributed by atoms with Gasteiger partial charge in [-0.3, -0.25) is 4.40 Å².